The minimum Gasteiger partial charge on any atom is -0.378 e. The number of pyridine rings is 1. The second-order valence-electron chi connectivity index (χ2n) is 6.78. The van der Waals surface area contributed by atoms with E-state index in [1.54, 1.807) is 6.20 Å². The van der Waals surface area contributed by atoms with Crippen LogP contribution in [-0.4, -0.2) is 53.1 Å². The number of rotatable bonds is 4. The van der Waals surface area contributed by atoms with Crippen LogP contribution in [0.3, 0.4) is 0 Å². The fourth-order valence-electron chi connectivity index (χ4n) is 3.78. The van der Waals surface area contributed by atoms with Gasteiger partial charge in [-0.3, -0.25) is 9.78 Å². The van der Waals surface area contributed by atoms with Crippen LogP contribution in [0.2, 0.25) is 0 Å². The number of likely N-dealkylation sites (N-methyl/N-ethyl adjacent to an activating group) is 1. The number of hydrogen-bond donors (Lipinski definition) is 1. The normalized spacial score (nSPS) is 20.1. The van der Waals surface area contributed by atoms with Crippen LogP contribution in [0.4, 0.5) is 24.5 Å². The molecule has 2 atom stereocenters. The highest BCUT2D eigenvalue weighted by molar-refractivity contribution is 5.97. The quantitative estimate of drug-likeness (QED) is 0.824. The fraction of sp³-hybridized carbons (Fsp3) is 0.500. The smallest absolute Gasteiger partial charge is 0.378 e. The number of halogens is 3. The molecule has 1 N–H and O–H groups in total. The van der Waals surface area contributed by atoms with Gasteiger partial charge in [-0.15, -0.1) is 0 Å². The van der Waals surface area contributed by atoms with Gasteiger partial charge in [-0.1, -0.05) is 6.92 Å². The Hall–Kier alpha value is -2.76. The topological polar surface area (TPSA) is 56.6 Å². The van der Waals surface area contributed by atoms with E-state index in [-0.39, 0.29) is 25.0 Å². The Kier molecular flexibility index (Phi) is 5.00. The molecule has 0 bridgehead atoms. The molecule has 1 saturated heterocycles. The third-order valence-electron chi connectivity index (χ3n) is 5.14. The van der Waals surface area contributed by atoms with Gasteiger partial charge >= 0.3 is 6.18 Å². The Labute approximate surface area is 154 Å². The van der Waals surface area contributed by atoms with Crippen molar-refractivity contribution in [2.24, 2.45) is 5.92 Å². The Balaban J connectivity index is 1.90. The number of likely N-dealkylation sites (tertiary alicyclic amines) is 1. The largest absolute Gasteiger partial charge is 0.397 e. The molecule has 1 fully saturated rings. The standard InChI is InChI=1S/C18H20F3N5O/c1-4-11-9-26(15(27)7-18(19,20)21)10-14(11)25(3)16-12-5-6-23-17(12)24-8-13(16)22-2/h5-6,8,11,14H,4,7,9-10H2,1,3H3,(H,23,24)/t11-,14?/m1/s1. The van der Waals surface area contributed by atoms with Gasteiger partial charge in [0.1, 0.15) is 12.1 Å². The van der Waals surface area contributed by atoms with Crippen molar-refractivity contribution in [1.29, 1.82) is 0 Å². The van der Waals surface area contributed by atoms with Crippen molar-refractivity contribution >= 4 is 28.3 Å². The number of anilines is 1. The molecule has 9 heteroatoms. The van der Waals surface area contributed by atoms with Crippen LogP contribution in [0.1, 0.15) is 19.8 Å². The van der Waals surface area contributed by atoms with Gasteiger partial charge < -0.3 is 14.8 Å². The van der Waals surface area contributed by atoms with E-state index in [0.29, 0.717) is 17.0 Å². The summed E-state index contributed by atoms with van der Waals surface area (Å²) in [5.74, 6) is -0.878. The molecule has 0 radical (unpaired) electrons. The van der Waals surface area contributed by atoms with Crippen molar-refractivity contribution in [2.75, 3.05) is 25.0 Å². The van der Waals surface area contributed by atoms with Gasteiger partial charge in [0.25, 0.3) is 0 Å². The highest BCUT2D eigenvalue weighted by Gasteiger charge is 2.41. The molecule has 1 aliphatic heterocycles. The average molecular weight is 379 g/mol. The van der Waals surface area contributed by atoms with Crippen molar-refractivity contribution in [3.63, 3.8) is 0 Å². The van der Waals surface area contributed by atoms with E-state index in [2.05, 4.69) is 14.8 Å². The summed E-state index contributed by atoms with van der Waals surface area (Å²) >= 11 is 0. The number of H-pyrrole nitrogens is 1. The van der Waals surface area contributed by atoms with Crippen LogP contribution in [-0.2, 0) is 4.79 Å². The molecule has 0 spiro atoms. The lowest BCUT2D eigenvalue weighted by Crippen LogP contribution is -2.39. The van der Waals surface area contributed by atoms with Crippen LogP contribution in [0.25, 0.3) is 15.9 Å². The van der Waals surface area contributed by atoms with Crippen LogP contribution in [0.15, 0.2) is 18.5 Å². The van der Waals surface area contributed by atoms with Crippen molar-refractivity contribution in [3.8, 4) is 0 Å². The first-order valence-electron chi connectivity index (χ1n) is 8.66. The highest BCUT2D eigenvalue weighted by atomic mass is 19.4. The van der Waals surface area contributed by atoms with E-state index in [9.17, 15) is 18.0 Å². The predicted octanol–water partition coefficient (Wildman–Crippen LogP) is 3.74. The van der Waals surface area contributed by atoms with Crippen LogP contribution in [0, 0.1) is 12.5 Å². The number of hydrogen-bond acceptors (Lipinski definition) is 3. The molecule has 1 unspecified atom stereocenters. The van der Waals surface area contributed by atoms with Crippen LogP contribution >= 0.6 is 0 Å². The van der Waals surface area contributed by atoms with Crippen molar-refractivity contribution in [3.05, 3.63) is 29.9 Å². The number of nitrogens with one attached hydrogen (secondary N) is 1. The third kappa shape index (κ3) is 3.70. The summed E-state index contributed by atoms with van der Waals surface area (Å²) in [7, 11) is 1.82. The van der Waals surface area contributed by atoms with E-state index in [1.807, 2.05) is 24.9 Å². The van der Waals surface area contributed by atoms with E-state index in [1.165, 1.54) is 11.1 Å². The summed E-state index contributed by atoms with van der Waals surface area (Å²) in [5, 5.41) is 0.779. The molecule has 0 saturated carbocycles. The Morgan fingerprint density at radius 3 is 2.85 bits per heavy atom. The summed E-state index contributed by atoms with van der Waals surface area (Å²) < 4.78 is 37.8. The van der Waals surface area contributed by atoms with Gasteiger partial charge in [-0.05, 0) is 18.4 Å². The molecule has 144 valence electrons. The van der Waals surface area contributed by atoms with Crippen molar-refractivity contribution in [1.82, 2.24) is 14.9 Å². The molecular weight excluding hydrogens is 359 g/mol. The molecule has 0 aromatic carbocycles. The second-order valence-corrected chi connectivity index (χ2v) is 6.78. The van der Waals surface area contributed by atoms with Gasteiger partial charge in [-0.25, -0.2) is 4.85 Å². The lowest BCUT2D eigenvalue weighted by Gasteiger charge is -2.31. The molecule has 3 heterocycles. The zero-order chi connectivity index (χ0) is 19.8. The molecule has 2 aromatic rings. The van der Waals surface area contributed by atoms with Crippen LogP contribution < -0.4 is 4.90 Å². The summed E-state index contributed by atoms with van der Waals surface area (Å²) in [6.07, 6.45) is -2.01. The molecular formula is C18H20F3N5O. The zero-order valence-electron chi connectivity index (χ0n) is 15.0. The summed E-state index contributed by atoms with van der Waals surface area (Å²) in [6.45, 7) is 9.88. The maximum absolute atomic E-state index is 12.6. The number of nitrogens with zero attached hydrogens (tertiary/aromatic N) is 4. The maximum Gasteiger partial charge on any atom is 0.397 e. The summed E-state index contributed by atoms with van der Waals surface area (Å²) in [5.41, 5.74) is 1.70. The molecule has 3 rings (SSSR count). The van der Waals surface area contributed by atoms with Gasteiger partial charge in [0.2, 0.25) is 11.6 Å². The van der Waals surface area contributed by atoms with Gasteiger partial charge in [-0.2, -0.15) is 13.2 Å². The number of carbonyl (C=O) groups excluding carboxylic acids is 1. The number of aromatic nitrogens is 2. The maximum atomic E-state index is 12.6. The minimum atomic E-state index is -4.51. The molecule has 0 aliphatic carbocycles. The zero-order valence-corrected chi connectivity index (χ0v) is 15.0. The average Bonchev–Trinajstić information content (AvgIpc) is 3.25. The SMILES string of the molecule is [C-]#[N+]c1cnc2[nH]ccc2c1N(C)C1CN(C(=O)CC(F)(F)F)C[C@H]1CC. The first-order chi connectivity index (χ1) is 12.7. The Morgan fingerprint density at radius 1 is 1.48 bits per heavy atom. The molecule has 1 amide bonds. The fourth-order valence-corrected chi connectivity index (χ4v) is 3.78. The number of amides is 1. The van der Waals surface area contributed by atoms with Crippen molar-refractivity contribution in [2.45, 2.75) is 32.0 Å². The number of carbonyl (C=O) groups is 1. The number of alkyl halides is 3. The number of fused-ring (bicyclic) bond motifs is 1. The van der Waals surface area contributed by atoms with Crippen LogP contribution in [0.5, 0.6) is 0 Å². The van der Waals surface area contributed by atoms with E-state index >= 15 is 0 Å². The Morgan fingerprint density at radius 2 is 2.22 bits per heavy atom. The van der Waals surface area contributed by atoms with E-state index in [4.69, 9.17) is 6.57 Å². The predicted molar refractivity (Wildman–Crippen MR) is 95.6 cm³/mol. The summed E-state index contributed by atoms with van der Waals surface area (Å²) in [4.78, 5) is 26.0. The number of aromatic amines is 1. The molecule has 2 aromatic heterocycles. The lowest BCUT2D eigenvalue weighted by atomic mass is 9.99. The minimum absolute atomic E-state index is 0.0212. The van der Waals surface area contributed by atoms with Gasteiger partial charge in [0.15, 0.2) is 0 Å². The monoisotopic (exact) mass is 379 g/mol. The highest BCUT2D eigenvalue weighted by Crippen LogP contribution is 2.38. The summed E-state index contributed by atoms with van der Waals surface area (Å²) in [6, 6.07) is 1.65. The first-order valence-corrected chi connectivity index (χ1v) is 8.66. The molecule has 6 nitrogen and oxygen atoms in total. The van der Waals surface area contributed by atoms with E-state index in [0.717, 1.165) is 11.8 Å². The van der Waals surface area contributed by atoms with Gasteiger partial charge in [0, 0.05) is 44.0 Å². The van der Waals surface area contributed by atoms with Gasteiger partial charge in [0.05, 0.1) is 12.3 Å². The van der Waals surface area contributed by atoms with E-state index < -0.39 is 18.5 Å². The van der Waals surface area contributed by atoms with Crippen molar-refractivity contribution < 1.29 is 18.0 Å². The Bertz CT molecular complexity index is 885. The first kappa shape index (κ1) is 19.0. The molecule has 27 heavy (non-hydrogen) atoms. The molecule has 1 aliphatic rings. The third-order valence-corrected chi connectivity index (χ3v) is 5.14. The lowest BCUT2D eigenvalue weighted by molar-refractivity contribution is -0.160. The second kappa shape index (κ2) is 7.10.